The van der Waals surface area contributed by atoms with Gasteiger partial charge in [0.25, 0.3) is 0 Å². The molecule has 2 saturated carbocycles. The summed E-state index contributed by atoms with van der Waals surface area (Å²) in [6.45, 7) is 4.82. The molecule has 5 rings (SSSR count). The summed E-state index contributed by atoms with van der Waals surface area (Å²) in [5.41, 5.74) is 3.36. The number of ketones is 2. The van der Waals surface area contributed by atoms with E-state index in [-0.39, 0.29) is 22.0 Å². The first-order chi connectivity index (χ1) is 11.9. The summed E-state index contributed by atoms with van der Waals surface area (Å²) in [6.07, 6.45) is 17.0. The molecular weight excluding hydrogens is 308 g/mol. The summed E-state index contributed by atoms with van der Waals surface area (Å²) in [5, 5.41) is 0. The molecule has 0 bridgehead atoms. The molecule has 0 aliphatic heterocycles. The van der Waals surface area contributed by atoms with Gasteiger partial charge in [-0.15, -0.1) is 0 Å². The molecule has 5 aliphatic carbocycles. The molecular formula is C23H28O2. The van der Waals surface area contributed by atoms with Gasteiger partial charge in [0.05, 0.1) is 0 Å². The molecule has 132 valence electrons. The highest BCUT2D eigenvalue weighted by Crippen LogP contribution is 2.70. The molecule has 25 heavy (non-hydrogen) atoms. The minimum absolute atomic E-state index is 0.0515. The van der Waals surface area contributed by atoms with Crippen molar-refractivity contribution in [3.05, 3.63) is 35.5 Å². The molecule has 0 radical (unpaired) electrons. The average molecular weight is 336 g/mol. The van der Waals surface area contributed by atoms with Crippen LogP contribution in [0.2, 0.25) is 0 Å². The molecule has 5 aliphatic rings. The van der Waals surface area contributed by atoms with Crippen molar-refractivity contribution < 1.29 is 9.59 Å². The van der Waals surface area contributed by atoms with E-state index in [9.17, 15) is 9.59 Å². The van der Waals surface area contributed by atoms with E-state index in [0.29, 0.717) is 24.0 Å². The molecule has 0 aromatic rings. The first-order valence-corrected chi connectivity index (χ1v) is 10.0. The first kappa shape index (κ1) is 15.8. The largest absolute Gasteiger partial charge is 0.300 e. The van der Waals surface area contributed by atoms with Crippen LogP contribution >= 0.6 is 0 Å². The van der Waals surface area contributed by atoms with Crippen LogP contribution < -0.4 is 0 Å². The van der Waals surface area contributed by atoms with Crippen LogP contribution in [-0.2, 0) is 9.59 Å². The van der Waals surface area contributed by atoms with Crippen LogP contribution in [0.5, 0.6) is 0 Å². The zero-order valence-corrected chi connectivity index (χ0v) is 15.4. The van der Waals surface area contributed by atoms with E-state index in [1.807, 2.05) is 6.08 Å². The molecule has 2 heteroatoms. The van der Waals surface area contributed by atoms with Crippen LogP contribution in [0.4, 0.5) is 0 Å². The predicted octanol–water partition coefficient (Wildman–Crippen LogP) is 4.95. The van der Waals surface area contributed by atoms with E-state index in [0.717, 1.165) is 32.1 Å². The minimum Gasteiger partial charge on any atom is -0.300 e. The summed E-state index contributed by atoms with van der Waals surface area (Å²) in [7, 11) is 0. The molecule has 0 heterocycles. The SMILES string of the molecule is CC12CCC(=O)C=C1C=CC1C2=CC[C@@]2(C)C1CC[C@@]21CCC(=O)C1. The van der Waals surface area contributed by atoms with Gasteiger partial charge in [0, 0.05) is 30.6 Å². The van der Waals surface area contributed by atoms with Crippen LogP contribution in [0.1, 0.15) is 65.2 Å². The molecule has 0 N–H and O–H groups in total. The van der Waals surface area contributed by atoms with Gasteiger partial charge in [-0.05, 0) is 60.5 Å². The Morgan fingerprint density at radius 1 is 1.08 bits per heavy atom. The summed E-state index contributed by atoms with van der Waals surface area (Å²) in [4.78, 5) is 24.0. The molecule has 0 amide bonds. The maximum atomic E-state index is 12.1. The fourth-order valence-electron chi connectivity index (χ4n) is 7.19. The maximum Gasteiger partial charge on any atom is 0.156 e. The van der Waals surface area contributed by atoms with Gasteiger partial charge in [-0.1, -0.05) is 37.6 Å². The standard InChI is InChI=1S/C23H28O2/c1-21-9-5-16(24)13-15(21)3-4-18-19(21)7-10-22(2)20(18)8-12-23(22)11-6-17(25)14-23/h3-4,7,13,18,20H,5-6,8-12,14H2,1-2H3/t18?,20?,21?,22-,23+/m0/s1. The van der Waals surface area contributed by atoms with Gasteiger partial charge in [-0.25, -0.2) is 0 Å². The number of rotatable bonds is 0. The van der Waals surface area contributed by atoms with Crippen molar-refractivity contribution in [2.45, 2.75) is 65.2 Å². The van der Waals surface area contributed by atoms with E-state index in [4.69, 9.17) is 0 Å². The van der Waals surface area contributed by atoms with Crippen molar-refractivity contribution in [2.24, 2.45) is 28.1 Å². The average Bonchev–Trinajstić information content (AvgIpc) is 3.10. The number of Topliss-reactive ketones (excluding diaryl/α,β-unsaturated/α-hetero) is 1. The van der Waals surface area contributed by atoms with E-state index < -0.39 is 0 Å². The van der Waals surface area contributed by atoms with Crippen molar-refractivity contribution in [3.63, 3.8) is 0 Å². The number of hydrogen-bond acceptors (Lipinski definition) is 2. The van der Waals surface area contributed by atoms with Gasteiger partial charge in [0.2, 0.25) is 0 Å². The summed E-state index contributed by atoms with van der Waals surface area (Å²) >= 11 is 0. The number of fused-ring (bicyclic) bond motifs is 6. The molecule has 2 nitrogen and oxygen atoms in total. The third-order valence-corrected chi connectivity index (χ3v) is 8.87. The lowest BCUT2D eigenvalue weighted by Crippen LogP contribution is -2.45. The van der Waals surface area contributed by atoms with Crippen LogP contribution in [0.3, 0.4) is 0 Å². The highest BCUT2D eigenvalue weighted by molar-refractivity contribution is 5.92. The quantitative estimate of drug-likeness (QED) is 0.586. The lowest BCUT2D eigenvalue weighted by molar-refractivity contribution is -0.119. The zero-order valence-electron chi connectivity index (χ0n) is 15.4. The second-order valence-electron chi connectivity index (χ2n) is 9.71. The summed E-state index contributed by atoms with van der Waals surface area (Å²) in [6, 6.07) is 0. The lowest BCUT2D eigenvalue weighted by atomic mass is 9.50. The second-order valence-corrected chi connectivity index (χ2v) is 9.71. The van der Waals surface area contributed by atoms with Crippen molar-refractivity contribution in [2.75, 3.05) is 0 Å². The Hall–Kier alpha value is -1.44. The van der Waals surface area contributed by atoms with Gasteiger partial charge in [-0.3, -0.25) is 9.59 Å². The minimum atomic E-state index is 0.0515. The highest BCUT2D eigenvalue weighted by atomic mass is 16.1. The Kier molecular flexibility index (Phi) is 3.05. The molecule has 0 aromatic carbocycles. The maximum absolute atomic E-state index is 12.1. The van der Waals surface area contributed by atoms with E-state index in [1.165, 1.54) is 18.4 Å². The van der Waals surface area contributed by atoms with Gasteiger partial charge >= 0.3 is 0 Å². The summed E-state index contributed by atoms with van der Waals surface area (Å²) in [5.74, 6) is 1.93. The lowest BCUT2D eigenvalue weighted by Gasteiger charge is -2.53. The molecule has 5 atom stereocenters. The van der Waals surface area contributed by atoms with E-state index in [2.05, 4.69) is 32.1 Å². The molecule has 2 fully saturated rings. The zero-order chi connectivity index (χ0) is 17.4. The smallest absolute Gasteiger partial charge is 0.156 e. The number of carbonyl (C=O) groups excluding carboxylic acids is 2. The molecule has 1 spiro atoms. The van der Waals surface area contributed by atoms with Gasteiger partial charge in [-0.2, -0.15) is 0 Å². The molecule has 0 saturated heterocycles. The third-order valence-electron chi connectivity index (χ3n) is 8.87. The Balaban J connectivity index is 1.58. The van der Waals surface area contributed by atoms with Gasteiger partial charge < -0.3 is 0 Å². The van der Waals surface area contributed by atoms with Crippen molar-refractivity contribution in [1.29, 1.82) is 0 Å². The molecule has 0 aromatic heterocycles. The Morgan fingerprint density at radius 2 is 1.92 bits per heavy atom. The van der Waals surface area contributed by atoms with Crippen LogP contribution in [0, 0.1) is 28.1 Å². The topological polar surface area (TPSA) is 34.1 Å². The number of hydrogen-bond donors (Lipinski definition) is 0. The van der Waals surface area contributed by atoms with Gasteiger partial charge in [0.15, 0.2) is 5.78 Å². The Bertz CT molecular complexity index is 769. The van der Waals surface area contributed by atoms with Crippen LogP contribution in [0.15, 0.2) is 35.5 Å². The summed E-state index contributed by atoms with van der Waals surface area (Å²) < 4.78 is 0. The normalized spacial score (nSPS) is 48.1. The van der Waals surface area contributed by atoms with E-state index in [1.54, 1.807) is 5.57 Å². The highest BCUT2D eigenvalue weighted by Gasteiger charge is 2.62. The monoisotopic (exact) mass is 336 g/mol. The first-order valence-electron chi connectivity index (χ1n) is 10.0. The van der Waals surface area contributed by atoms with Crippen molar-refractivity contribution in [1.82, 2.24) is 0 Å². The Labute approximate surface area is 150 Å². The van der Waals surface area contributed by atoms with Crippen molar-refractivity contribution in [3.8, 4) is 0 Å². The fourth-order valence-corrected chi connectivity index (χ4v) is 7.19. The van der Waals surface area contributed by atoms with Gasteiger partial charge in [0.1, 0.15) is 5.78 Å². The second kappa shape index (κ2) is 4.84. The Morgan fingerprint density at radius 3 is 2.68 bits per heavy atom. The predicted molar refractivity (Wildman–Crippen MR) is 97.9 cm³/mol. The van der Waals surface area contributed by atoms with E-state index >= 15 is 0 Å². The van der Waals surface area contributed by atoms with Crippen molar-refractivity contribution >= 4 is 11.6 Å². The van der Waals surface area contributed by atoms with Crippen LogP contribution in [0.25, 0.3) is 0 Å². The van der Waals surface area contributed by atoms with Crippen LogP contribution in [-0.4, -0.2) is 11.6 Å². The molecule has 3 unspecified atom stereocenters. The number of allylic oxidation sites excluding steroid dienone is 6. The number of carbonyl (C=O) groups is 2. The third kappa shape index (κ3) is 1.86. The fraction of sp³-hybridized carbons (Fsp3) is 0.652.